The summed E-state index contributed by atoms with van der Waals surface area (Å²) >= 11 is 0. The summed E-state index contributed by atoms with van der Waals surface area (Å²) in [5, 5.41) is 3.26. The SMILES string of the molecule is Cc1cccc([C@@H]2C[C@@H]2[C@H](C)NC(=O)[C@H]2C[C@H]3CC[C@H]2O3)c1. The molecular weight excluding hydrogens is 274 g/mol. The van der Waals surface area contributed by atoms with Crippen LogP contribution in [-0.2, 0) is 9.53 Å². The standard InChI is InChI=1S/C19H25NO2/c1-11-4-3-5-13(8-11)16-10-15(16)12(2)20-19(21)17-9-14-6-7-18(17)22-14/h3-5,8,12,14-18H,6-7,9-10H2,1-2H3,(H,20,21)/t12-,14+,15+,16-,17-,18+/m0/s1. The first kappa shape index (κ1) is 14.3. The van der Waals surface area contributed by atoms with Crippen molar-refractivity contribution >= 4 is 5.91 Å². The maximum absolute atomic E-state index is 12.5. The fourth-order valence-corrected chi connectivity index (χ4v) is 4.40. The van der Waals surface area contributed by atoms with E-state index in [9.17, 15) is 4.79 Å². The number of carbonyl (C=O) groups excluding carboxylic acids is 1. The molecule has 1 amide bonds. The van der Waals surface area contributed by atoms with Crippen LogP contribution in [-0.4, -0.2) is 24.2 Å². The summed E-state index contributed by atoms with van der Waals surface area (Å²) in [5.74, 6) is 1.52. The summed E-state index contributed by atoms with van der Waals surface area (Å²) in [7, 11) is 0. The third-order valence-corrected chi connectivity index (χ3v) is 5.77. The minimum atomic E-state index is 0.0948. The Labute approximate surface area is 132 Å². The topological polar surface area (TPSA) is 38.3 Å². The van der Waals surface area contributed by atoms with Gasteiger partial charge < -0.3 is 10.1 Å². The monoisotopic (exact) mass is 299 g/mol. The number of benzene rings is 1. The van der Waals surface area contributed by atoms with Crippen LogP contribution in [0.15, 0.2) is 24.3 Å². The third-order valence-electron chi connectivity index (χ3n) is 5.77. The zero-order chi connectivity index (χ0) is 15.3. The first-order chi connectivity index (χ1) is 10.6. The largest absolute Gasteiger partial charge is 0.374 e. The number of fused-ring (bicyclic) bond motifs is 2. The Morgan fingerprint density at radius 2 is 2.18 bits per heavy atom. The van der Waals surface area contributed by atoms with Gasteiger partial charge in [0, 0.05) is 6.04 Å². The van der Waals surface area contributed by atoms with Gasteiger partial charge in [-0.25, -0.2) is 0 Å². The molecule has 4 rings (SSSR count). The van der Waals surface area contributed by atoms with Gasteiger partial charge >= 0.3 is 0 Å². The van der Waals surface area contributed by atoms with Crippen molar-refractivity contribution in [2.75, 3.05) is 0 Å². The molecule has 0 radical (unpaired) electrons. The second-order valence-corrected chi connectivity index (χ2v) is 7.43. The zero-order valence-electron chi connectivity index (χ0n) is 13.4. The molecule has 2 aliphatic heterocycles. The highest BCUT2D eigenvalue weighted by molar-refractivity contribution is 5.80. The quantitative estimate of drug-likeness (QED) is 0.927. The fourth-order valence-electron chi connectivity index (χ4n) is 4.40. The van der Waals surface area contributed by atoms with Crippen molar-refractivity contribution in [3.8, 4) is 0 Å². The molecular formula is C19H25NO2. The molecule has 1 aliphatic carbocycles. The van der Waals surface area contributed by atoms with E-state index in [1.54, 1.807) is 0 Å². The molecule has 1 saturated carbocycles. The third kappa shape index (κ3) is 2.56. The van der Waals surface area contributed by atoms with Crippen molar-refractivity contribution in [1.82, 2.24) is 5.32 Å². The zero-order valence-corrected chi connectivity index (χ0v) is 13.4. The Balaban J connectivity index is 1.34. The van der Waals surface area contributed by atoms with Crippen LogP contribution in [0.4, 0.5) is 0 Å². The molecule has 3 nitrogen and oxygen atoms in total. The van der Waals surface area contributed by atoms with E-state index in [0.717, 1.165) is 19.3 Å². The van der Waals surface area contributed by atoms with Gasteiger partial charge in [0.1, 0.15) is 0 Å². The first-order valence-electron chi connectivity index (χ1n) is 8.64. The van der Waals surface area contributed by atoms with Crippen LogP contribution in [0.25, 0.3) is 0 Å². The Bertz CT molecular complexity index is 585. The molecule has 2 heterocycles. The van der Waals surface area contributed by atoms with Crippen LogP contribution in [0, 0.1) is 18.8 Å². The number of carbonyl (C=O) groups is 1. The highest BCUT2D eigenvalue weighted by Gasteiger charge is 2.47. The summed E-state index contributed by atoms with van der Waals surface area (Å²) in [4.78, 5) is 12.5. The van der Waals surface area contributed by atoms with E-state index in [2.05, 4.69) is 43.4 Å². The normalized spacial score (nSPS) is 37.1. The van der Waals surface area contributed by atoms with Gasteiger partial charge in [0.2, 0.25) is 5.91 Å². The number of hydrogen-bond acceptors (Lipinski definition) is 2. The molecule has 22 heavy (non-hydrogen) atoms. The second-order valence-electron chi connectivity index (χ2n) is 7.43. The molecule has 3 heteroatoms. The van der Waals surface area contributed by atoms with Gasteiger partial charge in [0.25, 0.3) is 0 Å². The minimum Gasteiger partial charge on any atom is -0.374 e. The lowest BCUT2D eigenvalue weighted by atomic mass is 9.88. The smallest absolute Gasteiger partial charge is 0.226 e. The second kappa shape index (κ2) is 5.38. The van der Waals surface area contributed by atoms with Gasteiger partial charge in [-0.3, -0.25) is 4.79 Å². The van der Waals surface area contributed by atoms with E-state index in [-0.39, 0.29) is 24.0 Å². The highest BCUT2D eigenvalue weighted by atomic mass is 16.5. The van der Waals surface area contributed by atoms with Crippen molar-refractivity contribution < 1.29 is 9.53 Å². The van der Waals surface area contributed by atoms with E-state index in [1.807, 2.05) is 0 Å². The van der Waals surface area contributed by atoms with E-state index < -0.39 is 0 Å². The number of amides is 1. The van der Waals surface area contributed by atoms with E-state index >= 15 is 0 Å². The van der Waals surface area contributed by atoms with E-state index in [1.165, 1.54) is 17.5 Å². The lowest BCUT2D eigenvalue weighted by Gasteiger charge is -2.21. The first-order valence-corrected chi connectivity index (χ1v) is 8.64. The molecule has 2 bridgehead atoms. The molecule has 1 aromatic rings. The average molecular weight is 299 g/mol. The van der Waals surface area contributed by atoms with Crippen LogP contribution in [0.2, 0.25) is 0 Å². The van der Waals surface area contributed by atoms with Crippen molar-refractivity contribution in [3.63, 3.8) is 0 Å². The molecule has 3 fully saturated rings. The molecule has 1 aromatic carbocycles. The molecule has 0 aromatic heterocycles. The van der Waals surface area contributed by atoms with Crippen LogP contribution < -0.4 is 5.32 Å². The lowest BCUT2D eigenvalue weighted by molar-refractivity contribution is -0.127. The maximum atomic E-state index is 12.5. The van der Waals surface area contributed by atoms with Gasteiger partial charge in [0.05, 0.1) is 18.1 Å². The summed E-state index contributed by atoms with van der Waals surface area (Å²) in [6.45, 7) is 4.30. The number of ether oxygens (including phenoxy) is 1. The predicted molar refractivity (Wildman–Crippen MR) is 85.6 cm³/mol. The summed E-state index contributed by atoms with van der Waals surface area (Å²) in [6, 6.07) is 9.04. The van der Waals surface area contributed by atoms with Gasteiger partial charge in [-0.2, -0.15) is 0 Å². The molecule has 2 saturated heterocycles. The molecule has 0 spiro atoms. The van der Waals surface area contributed by atoms with Crippen molar-refractivity contribution in [2.45, 2.75) is 63.7 Å². The molecule has 0 unspecified atom stereocenters. The van der Waals surface area contributed by atoms with E-state index in [0.29, 0.717) is 17.9 Å². The number of aryl methyl sites for hydroxylation is 1. The Hall–Kier alpha value is -1.35. The van der Waals surface area contributed by atoms with Crippen molar-refractivity contribution in [2.24, 2.45) is 11.8 Å². The van der Waals surface area contributed by atoms with Crippen LogP contribution >= 0.6 is 0 Å². The van der Waals surface area contributed by atoms with Crippen molar-refractivity contribution in [3.05, 3.63) is 35.4 Å². The molecule has 1 N–H and O–H groups in total. The van der Waals surface area contributed by atoms with Gasteiger partial charge in [-0.1, -0.05) is 29.8 Å². The Morgan fingerprint density at radius 3 is 2.86 bits per heavy atom. The van der Waals surface area contributed by atoms with Gasteiger partial charge in [-0.05, 0) is 56.9 Å². The molecule has 3 aliphatic rings. The molecule has 118 valence electrons. The maximum Gasteiger partial charge on any atom is 0.226 e. The average Bonchev–Trinajstić information content (AvgIpc) is 3.03. The van der Waals surface area contributed by atoms with Crippen LogP contribution in [0.5, 0.6) is 0 Å². The highest BCUT2D eigenvalue weighted by Crippen LogP contribution is 2.49. The van der Waals surface area contributed by atoms with E-state index in [4.69, 9.17) is 4.74 Å². The summed E-state index contributed by atoms with van der Waals surface area (Å²) in [5.41, 5.74) is 2.74. The Morgan fingerprint density at radius 1 is 1.32 bits per heavy atom. The van der Waals surface area contributed by atoms with Gasteiger partial charge in [-0.15, -0.1) is 0 Å². The summed E-state index contributed by atoms with van der Waals surface area (Å²) < 4.78 is 5.81. The van der Waals surface area contributed by atoms with Crippen LogP contribution in [0.3, 0.4) is 0 Å². The minimum absolute atomic E-state index is 0.0948. The Kier molecular flexibility index (Phi) is 3.48. The van der Waals surface area contributed by atoms with Gasteiger partial charge in [0.15, 0.2) is 0 Å². The predicted octanol–water partition coefficient (Wildman–Crippen LogP) is 3.17. The number of nitrogens with one attached hydrogen (secondary N) is 1. The number of hydrogen-bond donors (Lipinski definition) is 1. The number of rotatable bonds is 4. The van der Waals surface area contributed by atoms with Crippen molar-refractivity contribution in [1.29, 1.82) is 0 Å². The summed E-state index contributed by atoms with van der Waals surface area (Å²) in [6.07, 6.45) is 4.85. The molecule has 6 atom stereocenters. The van der Waals surface area contributed by atoms with Crippen LogP contribution in [0.1, 0.15) is 49.7 Å². The lowest BCUT2D eigenvalue weighted by Crippen LogP contribution is -2.41. The fraction of sp³-hybridized carbons (Fsp3) is 0.632.